The largest absolute Gasteiger partial charge is 0.299 e. The number of hydrogen-bond donors (Lipinski definition) is 1. The number of aryl methyl sites for hydroxylation is 1. The zero-order valence-electron chi connectivity index (χ0n) is 13.2. The molecule has 0 bridgehead atoms. The van der Waals surface area contributed by atoms with E-state index < -0.39 is 0 Å². The third-order valence-electron chi connectivity index (χ3n) is 3.53. The lowest BCUT2D eigenvalue weighted by Crippen LogP contribution is -2.29. The van der Waals surface area contributed by atoms with Crippen molar-refractivity contribution in [2.75, 3.05) is 0 Å². The van der Waals surface area contributed by atoms with Gasteiger partial charge in [-0.25, -0.2) is 5.43 Å². The molecule has 6 heteroatoms. The summed E-state index contributed by atoms with van der Waals surface area (Å²) in [5.41, 5.74) is 6.58. The van der Waals surface area contributed by atoms with Crippen LogP contribution >= 0.6 is 23.5 Å². The summed E-state index contributed by atoms with van der Waals surface area (Å²) in [7, 11) is 0. The summed E-state index contributed by atoms with van der Waals surface area (Å²) in [5.74, 6) is 0. The maximum atomic E-state index is 11.9. The number of benzene rings is 1. The number of hydrazone groups is 1. The Labute approximate surface area is 139 Å². The molecule has 0 aliphatic carbocycles. The third-order valence-corrected chi connectivity index (χ3v) is 5.49. The van der Waals surface area contributed by atoms with E-state index in [0.717, 1.165) is 33.7 Å². The molecule has 0 saturated heterocycles. The van der Waals surface area contributed by atoms with Gasteiger partial charge in [-0.3, -0.25) is 9.59 Å². The molecule has 4 nitrogen and oxygen atoms in total. The van der Waals surface area contributed by atoms with Gasteiger partial charge in [0, 0.05) is 16.9 Å². The number of nitrogens with one attached hydrogen (secondary N) is 1. The predicted molar refractivity (Wildman–Crippen MR) is 93.8 cm³/mol. The highest BCUT2D eigenvalue weighted by Gasteiger charge is 2.23. The van der Waals surface area contributed by atoms with Gasteiger partial charge >= 0.3 is 0 Å². The summed E-state index contributed by atoms with van der Waals surface area (Å²) >= 11 is 2.53. The maximum absolute atomic E-state index is 11.9. The minimum absolute atomic E-state index is 0.0000458. The molecule has 1 atom stereocenters. The van der Waals surface area contributed by atoms with Crippen LogP contribution in [0, 0.1) is 13.8 Å². The molecule has 0 spiro atoms. The van der Waals surface area contributed by atoms with E-state index >= 15 is 0 Å². The Hall–Kier alpha value is -1.27. The zero-order valence-corrected chi connectivity index (χ0v) is 14.9. The van der Waals surface area contributed by atoms with Gasteiger partial charge in [-0.05, 0) is 50.5 Å². The molecule has 1 heterocycles. The molecule has 0 saturated carbocycles. The van der Waals surface area contributed by atoms with Crippen LogP contribution in [0.25, 0.3) is 0 Å². The first-order chi connectivity index (χ1) is 10.4. The van der Waals surface area contributed by atoms with Gasteiger partial charge in [-0.1, -0.05) is 30.4 Å². The Balaban J connectivity index is 2.36. The minimum atomic E-state index is -0.132. The number of carbonyl (C=O) groups excluding carboxylic acids is 2. The normalized spacial score (nSPS) is 17.9. The fourth-order valence-corrected chi connectivity index (χ4v) is 3.97. The SMILES string of the molecule is CCCC(=O)Sc1cc(C2=NNC(=O)SC2C)cc(C)c1C. The van der Waals surface area contributed by atoms with Gasteiger partial charge in [0.15, 0.2) is 5.12 Å². The van der Waals surface area contributed by atoms with Crippen LogP contribution in [-0.4, -0.2) is 21.3 Å². The molecule has 0 fully saturated rings. The highest BCUT2D eigenvalue weighted by Crippen LogP contribution is 2.30. The van der Waals surface area contributed by atoms with Crippen molar-refractivity contribution in [3.8, 4) is 0 Å². The van der Waals surface area contributed by atoms with E-state index in [9.17, 15) is 9.59 Å². The Bertz CT molecular complexity index is 641. The lowest BCUT2D eigenvalue weighted by molar-refractivity contribution is -0.111. The first-order valence-corrected chi connectivity index (χ1v) is 8.98. The summed E-state index contributed by atoms with van der Waals surface area (Å²) in [6.45, 7) is 8.04. The molecule has 1 aliphatic heterocycles. The van der Waals surface area contributed by atoms with Gasteiger partial charge in [0.2, 0.25) is 0 Å². The van der Waals surface area contributed by atoms with Crippen molar-refractivity contribution in [1.29, 1.82) is 0 Å². The Morgan fingerprint density at radius 2 is 2.14 bits per heavy atom. The number of amides is 1. The quantitative estimate of drug-likeness (QED) is 0.834. The summed E-state index contributed by atoms with van der Waals surface area (Å²) in [6.07, 6.45) is 1.44. The number of thioether (sulfide) groups is 2. The van der Waals surface area contributed by atoms with Crippen molar-refractivity contribution in [1.82, 2.24) is 5.43 Å². The lowest BCUT2D eigenvalue weighted by Gasteiger charge is -2.20. The second kappa shape index (κ2) is 7.33. The summed E-state index contributed by atoms with van der Waals surface area (Å²) in [6, 6.07) is 4.07. The van der Waals surface area contributed by atoms with Gasteiger partial charge in [-0.2, -0.15) is 5.10 Å². The second-order valence-corrected chi connectivity index (χ2v) is 7.71. The molecule has 118 valence electrons. The molecule has 2 rings (SSSR count). The second-order valence-electron chi connectivity index (χ2n) is 5.30. The van der Waals surface area contributed by atoms with E-state index in [1.807, 2.05) is 33.8 Å². The molecule has 1 aliphatic rings. The fraction of sp³-hybridized carbons (Fsp3) is 0.438. The Kier molecular flexibility index (Phi) is 5.69. The molecule has 0 radical (unpaired) electrons. The van der Waals surface area contributed by atoms with Crippen LogP contribution in [0.4, 0.5) is 4.79 Å². The van der Waals surface area contributed by atoms with Gasteiger partial charge in [0.25, 0.3) is 5.24 Å². The molecule has 1 unspecified atom stereocenters. The standard InChI is InChI=1S/C16H20N2O2S2/c1-5-6-14(19)22-13-8-12(7-9(2)10(13)3)15-11(4)21-16(20)18-17-15/h7-8,11H,5-6H2,1-4H3,(H,18,20). The van der Waals surface area contributed by atoms with E-state index in [2.05, 4.69) is 16.6 Å². The topological polar surface area (TPSA) is 58.5 Å². The van der Waals surface area contributed by atoms with Gasteiger partial charge < -0.3 is 0 Å². The van der Waals surface area contributed by atoms with Crippen LogP contribution in [0.5, 0.6) is 0 Å². The van der Waals surface area contributed by atoms with E-state index in [1.54, 1.807) is 0 Å². The molecule has 1 N–H and O–H groups in total. The smallest absolute Gasteiger partial charge is 0.287 e. The van der Waals surface area contributed by atoms with Crippen LogP contribution < -0.4 is 5.43 Å². The number of carbonyl (C=O) groups is 2. The van der Waals surface area contributed by atoms with Crippen molar-refractivity contribution < 1.29 is 9.59 Å². The van der Waals surface area contributed by atoms with E-state index in [4.69, 9.17) is 0 Å². The lowest BCUT2D eigenvalue weighted by atomic mass is 10.0. The predicted octanol–water partition coefficient (Wildman–Crippen LogP) is 4.27. The third kappa shape index (κ3) is 3.93. The highest BCUT2D eigenvalue weighted by molar-refractivity contribution is 8.14. The summed E-state index contributed by atoms with van der Waals surface area (Å²) in [4.78, 5) is 24.3. The van der Waals surface area contributed by atoms with Crippen molar-refractivity contribution in [2.45, 2.75) is 50.7 Å². The van der Waals surface area contributed by atoms with Crippen molar-refractivity contribution in [3.05, 3.63) is 28.8 Å². The minimum Gasteiger partial charge on any atom is -0.287 e. The van der Waals surface area contributed by atoms with E-state index in [1.165, 1.54) is 23.5 Å². The zero-order chi connectivity index (χ0) is 16.3. The van der Waals surface area contributed by atoms with Gasteiger partial charge in [0.05, 0.1) is 11.0 Å². The fourth-order valence-electron chi connectivity index (χ4n) is 2.20. The average molecular weight is 336 g/mol. The van der Waals surface area contributed by atoms with Crippen molar-refractivity contribution in [3.63, 3.8) is 0 Å². The Morgan fingerprint density at radius 3 is 2.77 bits per heavy atom. The molecule has 0 aromatic heterocycles. The first kappa shape index (κ1) is 17.1. The van der Waals surface area contributed by atoms with Crippen LogP contribution in [0.3, 0.4) is 0 Å². The monoisotopic (exact) mass is 336 g/mol. The average Bonchev–Trinajstić information content (AvgIpc) is 2.44. The van der Waals surface area contributed by atoms with E-state index in [-0.39, 0.29) is 15.6 Å². The van der Waals surface area contributed by atoms with Gasteiger partial charge in [-0.15, -0.1) is 0 Å². The van der Waals surface area contributed by atoms with Crippen molar-refractivity contribution in [2.24, 2.45) is 5.10 Å². The first-order valence-electron chi connectivity index (χ1n) is 7.28. The van der Waals surface area contributed by atoms with Crippen LogP contribution in [0.2, 0.25) is 0 Å². The van der Waals surface area contributed by atoms with Crippen LogP contribution in [-0.2, 0) is 4.79 Å². The molecule has 22 heavy (non-hydrogen) atoms. The number of nitrogens with zero attached hydrogens (tertiary/aromatic N) is 1. The Morgan fingerprint density at radius 1 is 1.41 bits per heavy atom. The van der Waals surface area contributed by atoms with Crippen LogP contribution in [0.15, 0.2) is 22.1 Å². The summed E-state index contributed by atoms with van der Waals surface area (Å²) < 4.78 is 0. The van der Waals surface area contributed by atoms with Gasteiger partial charge in [0.1, 0.15) is 0 Å². The summed E-state index contributed by atoms with van der Waals surface area (Å²) in [5, 5.41) is 4.24. The van der Waals surface area contributed by atoms with E-state index in [0.29, 0.717) is 6.42 Å². The number of hydrogen-bond acceptors (Lipinski definition) is 5. The van der Waals surface area contributed by atoms with Crippen molar-refractivity contribution >= 4 is 39.6 Å². The molecule has 1 aromatic carbocycles. The number of rotatable bonds is 4. The molecule has 1 aromatic rings. The maximum Gasteiger partial charge on any atom is 0.299 e. The molecular weight excluding hydrogens is 316 g/mol. The molecular formula is C16H20N2O2S2. The highest BCUT2D eigenvalue weighted by atomic mass is 32.2. The molecule has 1 amide bonds. The van der Waals surface area contributed by atoms with Crippen LogP contribution in [0.1, 0.15) is 43.4 Å².